The minimum atomic E-state index is -0.333. The van der Waals surface area contributed by atoms with E-state index in [1.807, 2.05) is 61.5 Å². The molecule has 30 heavy (non-hydrogen) atoms. The third-order valence-corrected chi connectivity index (χ3v) is 5.12. The van der Waals surface area contributed by atoms with Crippen LogP contribution in [0.2, 0.25) is 0 Å². The fraction of sp³-hybridized carbons (Fsp3) is 0.391. The van der Waals surface area contributed by atoms with Crippen LogP contribution >= 0.6 is 0 Å². The van der Waals surface area contributed by atoms with E-state index < -0.39 is 0 Å². The SMILES string of the molecule is Cc1ccc(CNC(=O)NCC(=O)N2CCN(CCOc3ccccc3)CC2)cc1. The molecule has 2 aromatic rings. The number of piperazine rings is 1. The minimum absolute atomic E-state index is 0.0108. The van der Waals surface area contributed by atoms with Crippen molar-refractivity contribution in [2.75, 3.05) is 45.9 Å². The molecule has 160 valence electrons. The molecule has 0 unspecified atom stereocenters. The lowest BCUT2D eigenvalue weighted by Gasteiger charge is -2.34. The molecule has 0 radical (unpaired) electrons. The quantitative estimate of drug-likeness (QED) is 0.698. The summed E-state index contributed by atoms with van der Waals surface area (Å²) < 4.78 is 5.73. The molecule has 2 N–H and O–H groups in total. The first kappa shape index (κ1) is 21.6. The number of hydrogen-bond acceptors (Lipinski definition) is 4. The predicted molar refractivity (Wildman–Crippen MR) is 116 cm³/mol. The topological polar surface area (TPSA) is 73.9 Å². The van der Waals surface area contributed by atoms with Gasteiger partial charge in [0.2, 0.25) is 5.91 Å². The average Bonchev–Trinajstić information content (AvgIpc) is 2.78. The zero-order valence-corrected chi connectivity index (χ0v) is 17.5. The largest absolute Gasteiger partial charge is 0.492 e. The van der Waals surface area contributed by atoms with E-state index in [9.17, 15) is 9.59 Å². The highest BCUT2D eigenvalue weighted by Gasteiger charge is 2.21. The van der Waals surface area contributed by atoms with Crippen LogP contribution < -0.4 is 15.4 Å². The lowest BCUT2D eigenvalue weighted by Crippen LogP contribution is -2.52. The van der Waals surface area contributed by atoms with Crippen LogP contribution in [-0.4, -0.2) is 67.6 Å². The van der Waals surface area contributed by atoms with E-state index in [-0.39, 0.29) is 18.5 Å². The van der Waals surface area contributed by atoms with Crippen LogP contribution in [0.1, 0.15) is 11.1 Å². The van der Waals surface area contributed by atoms with Gasteiger partial charge in [0.25, 0.3) is 0 Å². The maximum Gasteiger partial charge on any atom is 0.315 e. The Labute approximate surface area is 178 Å². The third-order valence-electron chi connectivity index (χ3n) is 5.12. The maximum atomic E-state index is 12.4. The average molecular weight is 411 g/mol. The number of nitrogens with zero attached hydrogens (tertiary/aromatic N) is 2. The second-order valence-corrected chi connectivity index (χ2v) is 7.41. The molecule has 0 atom stereocenters. The highest BCUT2D eigenvalue weighted by atomic mass is 16.5. The van der Waals surface area contributed by atoms with E-state index in [1.165, 1.54) is 5.56 Å². The van der Waals surface area contributed by atoms with Gasteiger partial charge in [-0.3, -0.25) is 9.69 Å². The van der Waals surface area contributed by atoms with Crippen molar-refractivity contribution in [3.63, 3.8) is 0 Å². The first-order valence-electron chi connectivity index (χ1n) is 10.4. The van der Waals surface area contributed by atoms with Gasteiger partial charge >= 0.3 is 6.03 Å². The first-order valence-corrected chi connectivity index (χ1v) is 10.4. The van der Waals surface area contributed by atoms with Gasteiger partial charge < -0.3 is 20.3 Å². The second-order valence-electron chi connectivity index (χ2n) is 7.41. The fourth-order valence-electron chi connectivity index (χ4n) is 3.25. The molecular formula is C23H30N4O3. The molecule has 7 nitrogen and oxygen atoms in total. The summed E-state index contributed by atoms with van der Waals surface area (Å²) in [7, 11) is 0. The first-order chi connectivity index (χ1) is 14.6. The third kappa shape index (κ3) is 7.08. The van der Waals surface area contributed by atoms with Crippen LogP contribution in [0.25, 0.3) is 0 Å². The fourth-order valence-corrected chi connectivity index (χ4v) is 3.25. The molecule has 7 heteroatoms. The Balaban J connectivity index is 1.28. The van der Waals surface area contributed by atoms with Crippen molar-refractivity contribution in [2.24, 2.45) is 0 Å². The Kier molecular flexibility index (Phi) is 8.09. The zero-order valence-electron chi connectivity index (χ0n) is 17.5. The molecule has 0 spiro atoms. The smallest absolute Gasteiger partial charge is 0.315 e. The zero-order chi connectivity index (χ0) is 21.2. The number of aryl methyl sites for hydroxylation is 1. The summed E-state index contributed by atoms with van der Waals surface area (Å²) in [6, 6.07) is 17.4. The standard InChI is InChI=1S/C23H30N4O3/c1-19-7-9-20(10-8-19)17-24-23(29)25-18-22(28)27-13-11-26(12-14-27)15-16-30-21-5-3-2-4-6-21/h2-10H,11-18H2,1H3,(H2,24,25,29). The van der Waals surface area contributed by atoms with Crippen LogP contribution in [0, 0.1) is 6.92 Å². The van der Waals surface area contributed by atoms with Crippen molar-refractivity contribution in [3.05, 3.63) is 65.7 Å². The summed E-state index contributed by atoms with van der Waals surface area (Å²) in [5.41, 5.74) is 2.20. The van der Waals surface area contributed by atoms with Crippen LogP contribution in [0.5, 0.6) is 5.75 Å². The van der Waals surface area contributed by atoms with E-state index in [2.05, 4.69) is 15.5 Å². The number of nitrogens with one attached hydrogen (secondary N) is 2. The van der Waals surface area contributed by atoms with Crippen molar-refractivity contribution in [2.45, 2.75) is 13.5 Å². The van der Waals surface area contributed by atoms with Crippen LogP contribution in [0.3, 0.4) is 0 Å². The summed E-state index contributed by atoms with van der Waals surface area (Å²) in [4.78, 5) is 28.4. The highest BCUT2D eigenvalue weighted by Crippen LogP contribution is 2.09. The van der Waals surface area contributed by atoms with Crippen molar-refractivity contribution in [3.8, 4) is 5.75 Å². The van der Waals surface area contributed by atoms with Gasteiger partial charge in [0.05, 0.1) is 6.54 Å². The molecule has 3 amide bonds. The lowest BCUT2D eigenvalue weighted by atomic mass is 10.1. The van der Waals surface area contributed by atoms with E-state index in [1.54, 1.807) is 4.90 Å². The molecule has 3 rings (SSSR count). The molecule has 0 bridgehead atoms. The van der Waals surface area contributed by atoms with E-state index in [0.717, 1.165) is 30.9 Å². The number of urea groups is 1. The Morgan fingerprint density at radius 2 is 1.63 bits per heavy atom. The molecular weight excluding hydrogens is 380 g/mol. The van der Waals surface area contributed by atoms with Crippen LogP contribution in [0.15, 0.2) is 54.6 Å². The van der Waals surface area contributed by atoms with Gasteiger partial charge in [0.1, 0.15) is 12.4 Å². The number of ether oxygens (including phenoxy) is 1. The number of carbonyl (C=O) groups excluding carboxylic acids is 2. The van der Waals surface area contributed by atoms with Gasteiger partial charge in [-0.15, -0.1) is 0 Å². The van der Waals surface area contributed by atoms with Gasteiger partial charge in [-0.2, -0.15) is 0 Å². The summed E-state index contributed by atoms with van der Waals surface area (Å²) in [6.07, 6.45) is 0. The molecule has 0 saturated carbocycles. The molecule has 1 aliphatic rings. The summed E-state index contributed by atoms with van der Waals surface area (Å²) in [5, 5.41) is 5.43. The van der Waals surface area contributed by atoms with Crippen molar-refractivity contribution in [1.29, 1.82) is 0 Å². The minimum Gasteiger partial charge on any atom is -0.492 e. The maximum absolute atomic E-state index is 12.4. The molecule has 1 aliphatic heterocycles. The van der Waals surface area contributed by atoms with E-state index >= 15 is 0 Å². The molecule has 1 fully saturated rings. The van der Waals surface area contributed by atoms with Gasteiger partial charge in [-0.1, -0.05) is 48.0 Å². The number of amides is 3. The molecule has 0 aliphatic carbocycles. The monoisotopic (exact) mass is 410 g/mol. The number of para-hydroxylation sites is 1. The van der Waals surface area contributed by atoms with Crippen molar-refractivity contribution < 1.29 is 14.3 Å². The Bertz CT molecular complexity index is 803. The normalized spacial score (nSPS) is 14.2. The van der Waals surface area contributed by atoms with E-state index in [4.69, 9.17) is 4.74 Å². The van der Waals surface area contributed by atoms with Gasteiger partial charge in [0.15, 0.2) is 0 Å². The summed E-state index contributed by atoms with van der Waals surface area (Å²) in [5.74, 6) is 0.818. The van der Waals surface area contributed by atoms with Crippen LogP contribution in [0.4, 0.5) is 4.79 Å². The molecule has 0 aromatic heterocycles. The molecule has 2 aromatic carbocycles. The Morgan fingerprint density at radius 3 is 2.33 bits per heavy atom. The predicted octanol–water partition coefficient (Wildman–Crippen LogP) is 2.02. The molecule has 1 heterocycles. The Morgan fingerprint density at radius 1 is 0.933 bits per heavy atom. The highest BCUT2D eigenvalue weighted by molar-refractivity contribution is 5.84. The summed E-state index contributed by atoms with van der Waals surface area (Å²) in [6.45, 7) is 6.87. The number of carbonyl (C=O) groups is 2. The number of benzene rings is 2. The second kappa shape index (κ2) is 11.2. The van der Waals surface area contributed by atoms with E-state index in [0.29, 0.717) is 26.2 Å². The lowest BCUT2D eigenvalue weighted by molar-refractivity contribution is -0.131. The van der Waals surface area contributed by atoms with Gasteiger partial charge in [-0.25, -0.2) is 4.79 Å². The number of hydrogen-bond donors (Lipinski definition) is 2. The van der Waals surface area contributed by atoms with Gasteiger partial charge in [-0.05, 0) is 24.6 Å². The van der Waals surface area contributed by atoms with Crippen LogP contribution in [-0.2, 0) is 11.3 Å². The number of rotatable bonds is 8. The van der Waals surface area contributed by atoms with Crippen molar-refractivity contribution in [1.82, 2.24) is 20.4 Å². The van der Waals surface area contributed by atoms with Crippen molar-refractivity contribution >= 4 is 11.9 Å². The molecule has 1 saturated heterocycles. The van der Waals surface area contributed by atoms with Gasteiger partial charge in [0, 0.05) is 39.3 Å². The Hall–Kier alpha value is -3.06. The summed E-state index contributed by atoms with van der Waals surface area (Å²) >= 11 is 0.